The fraction of sp³-hybridized carbons (Fsp3) is 0.240. The van der Waals surface area contributed by atoms with Gasteiger partial charge in [-0.05, 0) is 35.9 Å². The van der Waals surface area contributed by atoms with Crippen LogP contribution in [0.4, 0.5) is 5.69 Å². The molecular formula is C25H25N3O6S. The van der Waals surface area contributed by atoms with Gasteiger partial charge >= 0.3 is 5.97 Å². The highest BCUT2D eigenvalue weighted by atomic mass is 32.2. The van der Waals surface area contributed by atoms with Crippen LogP contribution in [0.5, 0.6) is 11.5 Å². The Kier molecular flexibility index (Phi) is 6.10. The SMILES string of the molecule is CS(=O)(=O)N1CC(=O)Oc2ccc(C(O)CNCCOc3ccc4c(c3)[nH]c3ccccc34)cc21. The summed E-state index contributed by atoms with van der Waals surface area (Å²) in [4.78, 5) is 15.1. The van der Waals surface area contributed by atoms with E-state index in [4.69, 9.17) is 9.47 Å². The molecule has 0 saturated carbocycles. The smallest absolute Gasteiger partial charge is 0.332 e. The van der Waals surface area contributed by atoms with Gasteiger partial charge in [0.15, 0.2) is 5.75 Å². The number of esters is 1. The van der Waals surface area contributed by atoms with E-state index in [1.54, 1.807) is 6.07 Å². The van der Waals surface area contributed by atoms with E-state index >= 15 is 0 Å². The number of rotatable bonds is 8. The number of aliphatic hydroxyl groups excluding tert-OH is 1. The molecule has 3 aromatic carbocycles. The van der Waals surface area contributed by atoms with Crippen LogP contribution in [0.1, 0.15) is 11.7 Å². The van der Waals surface area contributed by atoms with Crippen molar-refractivity contribution in [3.8, 4) is 11.5 Å². The summed E-state index contributed by atoms with van der Waals surface area (Å²) >= 11 is 0. The fourth-order valence-electron chi connectivity index (χ4n) is 4.20. The number of para-hydroxylation sites is 1. The molecule has 0 bridgehead atoms. The molecule has 0 amide bonds. The predicted molar refractivity (Wildman–Crippen MR) is 133 cm³/mol. The number of anilines is 1. The summed E-state index contributed by atoms with van der Waals surface area (Å²) in [7, 11) is -3.67. The zero-order valence-corrected chi connectivity index (χ0v) is 19.8. The largest absolute Gasteiger partial charge is 0.492 e. The van der Waals surface area contributed by atoms with E-state index in [1.165, 1.54) is 17.5 Å². The monoisotopic (exact) mass is 495 g/mol. The Bertz CT molecular complexity index is 1510. The second-order valence-electron chi connectivity index (χ2n) is 8.42. The maximum atomic E-state index is 12.1. The number of nitrogens with one attached hydrogen (secondary N) is 2. The van der Waals surface area contributed by atoms with Crippen LogP contribution in [0.3, 0.4) is 0 Å². The fourth-order valence-corrected chi connectivity index (χ4v) is 5.04. The average molecular weight is 496 g/mol. The lowest BCUT2D eigenvalue weighted by Crippen LogP contribution is -2.40. The van der Waals surface area contributed by atoms with Gasteiger partial charge in [-0.15, -0.1) is 0 Å². The summed E-state index contributed by atoms with van der Waals surface area (Å²) in [5.41, 5.74) is 2.83. The maximum absolute atomic E-state index is 12.1. The summed E-state index contributed by atoms with van der Waals surface area (Å²) in [6.07, 6.45) is 0.137. The Labute approximate surface area is 202 Å². The number of hydrogen-bond donors (Lipinski definition) is 3. The van der Waals surface area contributed by atoms with Gasteiger partial charge in [0.05, 0.1) is 23.6 Å². The number of hydrogen-bond acceptors (Lipinski definition) is 7. The maximum Gasteiger partial charge on any atom is 0.332 e. The van der Waals surface area contributed by atoms with Gasteiger partial charge in [-0.1, -0.05) is 24.3 Å². The molecule has 0 aliphatic carbocycles. The van der Waals surface area contributed by atoms with Crippen LogP contribution < -0.4 is 19.1 Å². The minimum Gasteiger partial charge on any atom is -0.492 e. The number of benzene rings is 3. The third-order valence-electron chi connectivity index (χ3n) is 5.90. The van der Waals surface area contributed by atoms with E-state index < -0.39 is 28.6 Å². The first kappa shape index (κ1) is 23.2. The molecule has 2 heterocycles. The Balaban J connectivity index is 1.17. The van der Waals surface area contributed by atoms with Crippen molar-refractivity contribution in [3.05, 3.63) is 66.2 Å². The molecule has 0 radical (unpaired) electrons. The van der Waals surface area contributed by atoms with Crippen LogP contribution in [0.15, 0.2) is 60.7 Å². The van der Waals surface area contributed by atoms with Gasteiger partial charge in [-0.2, -0.15) is 0 Å². The number of aromatic nitrogens is 1. The highest BCUT2D eigenvalue weighted by Gasteiger charge is 2.30. The summed E-state index contributed by atoms with van der Waals surface area (Å²) < 4.78 is 36.1. The number of carbonyl (C=O) groups excluding carboxylic acids is 1. The molecule has 10 heteroatoms. The number of H-pyrrole nitrogens is 1. The normalized spacial score (nSPS) is 14.7. The van der Waals surface area contributed by atoms with Crippen molar-refractivity contribution in [1.82, 2.24) is 10.3 Å². The number of sulfonamides is 1. The number of ether oxygens (including phenoxy) is 2. The van der Waals surface area contributed by atoms with Crippen molar-refractivity contribution in [2.45, 2.75) is 6.10 Å². The van der Waals surface area contributed by atoms with E-state index in [0.717, 1.165) is 32.7 Å². The topological polar surface area (TPSA) is 121 Å². The molecule has 0 spiro atoms. The summed E-state index contributed by atoms with van der Waals surface area (Å²) in [6, 6.07) is 18.7. The molecule has 5 rings (SSSR count). The van der Waals surface area contributed by atoms with Crippen LogP contribution in [0, 0.1) is 0 Å². The van der Waals surface area contributed by atoms with Gasteiger partial charge in [0.25, 0.3) is 0 Å². The first-order chi connectivity index (χ1) is 16.8. The van der Waals surface area contributed by atoms with Gasteiger partial charge in [-0.3, -0.25) is 4.31 Å². The molecule has 182 valence electrons. The van der Waals surface area contributed by atoms with Crippen LogP contribution in [-0.4, -0.2) is 57.0 Å². The molecule has 9 nitrogen and oxygen atoms in total. The predicted octanol–water partition coefficient (Wildman–Crippen LogP) is 2.71. The van der Waals surface area contributed by atoms with Crippen molar-refractivity contribution in [3.63, 3.8) is 0 Å². The third kappa shape index (κ3) is 4.81. The number of fused-ring (bicyclic) bond motifs is 4. The second-order valence-corrected chi connectivity index (χ2v) is 10.3. The Morgan fingerprint density at radius 1 is 1.11 bits per heavy atom. The van der Waals surface area contributed by atoms with Crippen molar-refractivity contribution in [1.29, 1.82) is 0 Å². The van der Waals surface area contributed by atoms with Gasteiger partial charge in [0.1, 0.15) is 18.9 Å². The van der Waals surface area contributed by atoms with Gasteiger partial charge < -0.3 is 24.9 Å². The standard InChI is InChI=1S/C25H25N3O6S/c1-35(31,32)28-15-25(30)34-24-9-6-16(12-22(24)28)23(29)14-26-10-11-33-17-7-8-19-18-4-2-3-5-20(18)27-21(19)13-17/h2-9,12-13,23,26-27,29H,10-11,14-15H2,1H3. The molecule has 35 heavy (non-hydrogen) atoms. The molecule has 1 aliphatic heterocycles. The zero-order valence-electron chi connectivity index (χ0n) is 19.0. The number of aliphatic hydroxyl groups is 1. The summed E-state index contributed by atoms with van der Waals surface area (Å²) in [6.45, 7) is 0.743. The lowest BCUT2D eigenvalue weighted by molar-refractivity contribution is -0.133. The molecule has 1 aromatic heterocycles. The van der Waals surface area contributed by atoms with E-state index in [-0.39, 0.29) is 18.0 Å². The van der Waals surface area contributed by atoms with Crippen molar-refractivity contribution in [2.24, 2.45) is 0 Å². The highest BCUT2D eigenvalue weighted by Crippen LogP contribution is 2.35. The molecule has 0 saturated heterocycles. The second kappa shape index (κ2) is 9.21. The Morgan fingerprint density at radius 2 is 1.91 bits per heavy atom. The lowest BCUT2D eigenvalue weighted by atomic mass is 10.1. The molecule has 3 N–H and O–H groups in total. The molecule has 1 aliphatic rings. The van der Waals surface area contributed by atoms with E-state index in [2.05, 4.69) is 16.4 Å². The molecule has 0 fully saturated rings. The van der Waals surface area contributed by atoms with Crippen LogP contribution in [0.25, 0.3) is 21.8 Å². The van der Waals surface area contributed by atoms with Crippen molar-refractivity contribution in [2.75, 3.05) is 36.8 Å². The highest BCUT2D eigenvalue weighted by molar-refractivity contribution is 7.92. The van der Waals surface area contributed by atoms with Crippen LogP contribution in [0.2, 0.25) is 0 Å². The van der Waals surface area contributed by atoms with Gasteiger partial charge in [0.2, 0.25) is 10.0 Å². The van der Waals surface area contributed by atoms with E-state index in [0.29, 0.717) is 18.7 Å². The third-order valence-corrected chi connectivity index (χ3v) is 7.02. The first-order valence-corrected chi connectivity index (χ1v) is 13.0. The Morgan fingerprint density at radius 3 is 2.74 bits per heavy atom. The van der Waals surface area contributed by atoms with E-state index in [1.807, 2.05) is 36.4 Å². The zero-order chi connectivity index (χ0) is 24.6. The number of aromatic amines is 1. The first-order valence-electron chi connectivity index (χ1n) is 11.1. The lowest BCUT2D eigenvalue weighted by Gasteiger charge is -2.28. The van der Waals surface area contributed by atoms with Gasteiger partial charge in [-0.25, -0.2) is 13.2 Å². The van der Waals surface area contributed by atoms with Gasteiger partial charge in [0, 0.05) is 35.4 Å². The minimum atomic E-state index is -3.67. The van der Waals surface area contributed by atoms with Crippen LogP contribution >= 0.6 is 0 Å². The average Bonchev–Trinajstić information content (AvgIpc) is 3.20. The number of carbonyl (C=O) groups is 1. The minimum absolute atomic E-state index is 0.149. The molecule has 1 atom stereocenters. The van der Waals surface area contributed by atoms with Crippen LogP contribution in [-0.2, 0) is 14.8 Å². The molecular weight excluding hydrogens is 470 g/mol. The van der Waals surface area contributed by atoms with Crippen molar-refractivity contribution >= 4 is 43.5 Å². The van der Waals surface area contributed by atoms with Crippen molar-refractivity contribution < 1.29 is 27.8 Å². The van der Waals surface area contributed by atoms with E-state index in [9.17, 15) is 18.3 Å². The Hall–Kier alpha value is -3.60. The summed E-state index contributed by atoms with van der Waals surface area (Å²) in [5.74, 6) is 0.244. The quantitative estimate of drug-likeness (QED) is 0.195. The summed E-state index contributed by atoms with van der Waals surface area (Å²) in [5, 5.41) is 16.0. The molecule has 4 aromatic rings. The number of nitrogens with zero attached hydrogens (tertiary/aromatic N) is 1. The molecule has 1 unspecified atom stereocenters.